The summed E-state index contributed by atoms with van der Waals surface area (Å²) in [6, 6.07) is 2.72. The Hall–Kier alpha value is -0.870. The van der Waals surface area contributed by atoms with E-state index >= 15 is 0 Å². The third-order valence-corrected chi connectivity index (χ3v) is 4.42. The van der Waals surface area contributed by atoms with Gasteiger partial charge in [0.25, 0.3) is 0 Å². The van der Waals surface area contributed by atoms with Gasteiger partial charge in [-0.25, -0.2) is 0 Å². The first kappa shape index (κ1) is 15.5. The van der Waals surface area contributed by atoms with Crippen molar-refractivity contribution in [3.8, 4) is 0 Å². The molecule has 1 N–H and O–H groups in total. The van der Waals surface area contributed by atoms with Crippen LogP contribution in [0.3, 0.4) is 0 Å². The lowest BCUT2D eigenvalue weighted by Crippen LogP contribution is -2.45. The van der Waals surface area contributed by atoms with E-state index in [1.807, 2.05) is 0 Å². The largest absolute Gasteiger partial charge is 0.360 e. The molecule has 0 spiro atoms. The Morgan fingerprint density at radius 1 is 1.40 bits per heavy atom. The van der Waals surface area contributed by atoms with Crippen molar-refractivity contribution in [3.05, 3.63) is 17.5 Å². The summed E-state index contributed by atoms with van der Waals surface area (Å²) in [5.41, 5.74) is 1.01. The Bertz CT molecular complexity index is 404. The highest BCUT2D eigenvalue weighted by molar-refractivity contribution is 5.05. The standard InChI is InChI=1S/C16H29N3O/c1-5-6-17-9-15-8-16(20-18-15)11-19-10-12(2)7-13(3)14(19)4/h8,12-14,17H,5-7,9-11H2,1-4H3. The highest BCUT2D eigenvalue weighted by atomic mass is 16.5. The average Bonchev–Trinajstić information content (AvgIpc) is 2.83. The zero-order chi connectivity index (χ0) is 14.5. The normalized spacial score (nSPS) is 27.9. The summed E-state index contributed by atoms with van der Waals surface area (Å²) in [4.78, 5) is 2.53. The predicted octanol–water partition coefficient (Wildman–Crippen LogP) is 3.04. The maximum absolute atomic E-state index is 5.49. The molecule has 1 saturated heterocycles. The Morgan fingerprint density at radius 2 is 2.20 bits per heavy atom. The molecule has 0 bridgehead atoms. The van der Waals surface area contributed by atoms with Crippen LogP contribution in [0.5, 0.6) is 0 Å². The minimum Gasteiger partial charge on any atom is -0.360 e. The molecule has 1 aromatic heterocycles. The first-order valence-electron chi connectivity index (χ1n) is 7.99. The van der Waals surface area contributed by atoms with E-state index < -0.39 is 0 Å². The zero-order valence-electron chi connectivity index (χ0n) is 13.4. The van der Waals surface area contributed by atoms with Gasteiger partial charge in [-0.05, 0) is 38.1 Å². The van der Waals surface area contributed by atoms with Gasteiger partial charge in [0, 0.05) is 25.2 Å². The van der Waals surface area contributed by atoms with Crippen molar-refractivity contribution < 1.29 is 4.52 Å². The van der Waals surface area contributed by atoms with E-state index in [1.54, 1.807) is 0 Å². The molecule has 0 amide bonds. The number of nitrogens with zero attached hydrogens (tertiary/aromatic N) is 2. The molecule has 0 aromatic carbocycles. The molecule has 1 fully saturated rings. The Balaban J connectivity index is 1.89. The number of piperidine rings is 1. The second-order valence-electron chi connectivity index (χ2n) is 6.45. The molecule has 0 radical (unpaired) electrons. The SMILES string of the molecule is CCCNCc1cc(CN2CC(C)CC(C)C2C)on1. The Kier molecular flexibility index (Phi) is 5.61. The highest BCUT2D eigenvalue weighted by Gasteiger charge is 2.29. The molecule has 1 aliphatic heterocycles. The minimum absolute atomic E-state index is 0.623. The van der Waals surface area contributed by atoms with Crippen LogP contribution in [-0.4, -0.2) is 29.2 Å². The van der Waals surface area contributed by atoms with Gasteiger partial charge in [-0.1, -0.05) is 25.9 Å². The van der Waals surface area contributed by atoms with Crippen LogP contribution < -0.4 is 5.32 Å². The molecule has 4 nitrogen and oxygen atoms in total. The summed E-state index contributed by atoms with van der Waals surface area (Å²) in [6.45, 7) is 13.1. The second-order valence-corrected chi connectivity index (χ2v) is 6.45. The molecule has 2 heterocycles. The maximum Gasteiger partial charge on any atom is 0.151 e. The fraction of sp³-hybridized carbons (Fsp3) is 0.812. The second kappa shape index (κ2) is 7.23. The smallest absolute Gasteiger partial charge is 0.151 e. The van der Waals surface area contributed by atoms with E-state index in [-0.39, 0.29) is 0 Å². The quantitative estimate of drug-likeness (QED) is 0.813. The molecule has 4 heteroatoms. The molecule has 3 atom stereocenters. The Morgan fingerprint density at radius 3 is 2.95 bits per heavy atom. The summed E-state index contributed by atoms with van der Waals surface area (Å²) in [5, 5.41) is 7.51. The molecule has 1 aliphatic rings. The molecule has 114 valence electrons. The number of likely N-dealkylation sites (tertiary alicyclic amines) is 1. The van der Waals surface area contributed by atoms with Crippen LogP contribution in [0.2, 0.25) is 0 Å². The molecular weight excluding hydrogens is 250 g/mol. The van der Waals surface area contributed by atoms with Gasteiger partial charge in [0.1, 0.15) is 0 Å². The molecule has 2 rings (SSSR count). The number of aromatic nitrogens is 1. The van der Waals surface area contributed by atoms with Crippen LogP contribution in [0.1, 0.15) is 52.0 Å². The summed E-state index contributed by atoms with van der Waals surface area (Å²) >= 11 is 0. The van der Waals surface area contributed by atoms with Gasteiger partial charge in [0.05, 0.1) is 12.2 Å². The molecule has 1 aromatic rings. The molecule has 20 heavy (non-hydrogen) atoms. The van der Waals surface area contributed by atoms with Crippen molar-refractivity contribution in [2.24, 2.45) is 11.8 Å². The van der Waals surface area contributed by atoms with E-state index in [0.29, 0.717) is 6.04 Å². The summed E-state index contributed by atoms with van der Waals surface area (Å²) in [5.74, 6) is 2.52. The van der Waals surface area contributed by atoms with E-state index in [0.717, 1.165) is 55.9 Å². The van der Waals surface area contributed by atoms with Crippen LogP contribution in [0.15, 0.2) is 10.6 Å². The minimum atomic E-state index is 0.623. The first-order valence-corrected chi connectivity index (χ1v) is 7.99. The van der Waals surface area contributed by atoms with Gasteiger partial charge < -0.3 is 9.84 Å². The Labute approximate surface area is 122 Å². The molecule has 0 aliphatic carbocycles. The first-order chi connectivity index (χ1) is 9.60. The fourth-order valence-corrected chi connectivity index (χ4v) is 3.15. The van der Waals surface area contributed by atoms with Crippen molar-refractivity contribution in [1.82, 2.24) is 15.4 Å². The summed E-state index contributed by atoms with van der Waals surface area (Å²) in [6.07, 6.45) is 2.48. The highest BCUT2D eigenvalue weighted by Crippen LogP contribution is 2.28. The number of hydrogen-bond donors (Lipinski definition) is 1. The monoisotopic (exact) mass is 279 g/mol. The van der Waals surface area contributed by atoms with Gasteiger partial charge in [-0.2, -0.15) is 0 Å². The lowest BCUT2D eigenvalue weighted by atomic mass is 9.86. The molecular formula is C16H29N3O. The predicted molar refractivity (Wildman–Crippen MR) is 81.3 cm³/mol. The van der Waals surface area contributed by atoms with E-state index in [4.69, 9.17) is 4.52 Å². The van der Waals surface area contributed by atoms with E-state index in [1.165, 1.54) is 6.42 Å². The van der Waals surface area contributed by atoms with Crippen molar-refractivity contribution >= 4 is 0 Å². The fourth-order valence-electron chi connectivity index (χ4n) is 3.15. The van der Waals surface area contributed by atoms with Crippen molar-refractivity contribution in [1.29, 1.82) is 0 Å². The average molecular weight is 279 g/mol. The zero-order valence-corrected chi connectivity index (χ0v) is 13.4. The number of rotatable bonds is 6. The van der Waals surface area contributed by atoms with E-state index in [9.17, 15) is 0 Å². The number of hydrogen-bond acceptors (Lipinski definition) is 4. The van der Waals surface area contributed by atoms with Gasteiger partial charge >= 0.3 is 0 Å². The van der Waals surface area contributed by atoms with Crippen LogP contribution in [-0.2, 0) is 13.1 Å². The van der Waals surface area contributed by atoms with Gasteiger partial charge in [0.15, 0.2) is 5.76 Å². The lowest BCUT2D eigenvalue weighted by molar-refractivity contribution is 0.0649. The van der Waals surface area contributed by atoms with E-state index in [2.05, 4.69) is 49.1 Å². The summed E-state index contributed by atoms with van der Waals surface area (Å²) < 4.78 is 5.49. The number of nitrogens with one attached hydrogen (secondary N) is 1. The van der Waals surface area contributed by atoms with Gasteiger partial charge in [-0.3, -0.25) is 4.90 Å². The van der Waals surface area contributed by atoms with Crippen molar-refractivity contribution in [3.63, 3.8) is 0 Å². The van der Waals surface area contributed by atoms with Crippen LogP contribution in [0.4, 0.5) is 0 Å². The molecule has 3 unspecified atom stereocenters. The summed E-state index contributed by atoms with van der Waals surface area (Å²) in [7, 11) is 0. The third-order valence-electron chi connectivity index (χ3n) is 4.42. The van der Waals surface area contributed by atoms with Crippen LogP contribution >= 0.6 is 0 Å². The van der Waals surface area contributed by atoms with Crippen molar-refractivity contribution in [2.75, 3.05) is 13.1 Å². The third kappa shape index (κ3) is 4.06. The van der Waals surface area contributed by atoms with Crippen LogP contribution in [0.25, 0.3) is 0 Å². The lowest BCUT2D eigenvalue weighted by Gasteiger charge is -2.40. The van der Waals surface area contributed by atoms with Gasteiger partial charge in [0.2, 0.25) is 0 Å². The maximum atomic E-state index is 5.49. The van der Waals surface area contributed by atoms with Gasteiger partial charge in [-0.15, -0.1) is 0 Å². The van der Waals surface area contributed by atoms with Crippen LogP contribution in [0, 0.1) is 11.8 Å². The molecule has 0 saturated carbocycles. The topological polar surface area (TPSA) is 41.3 Å². The van der Waals surface area contributed by atoms with Crippen molar-refractivity contribution in [2.45, 2.75) is 59.7 Å².